The number of hydrogen-bond donors (Lipinski definition) is 1. The van der Waals surface area contributed by atoms with Crippen molar-refractivity contribution < 1.29 is 14.6 Å². The van der Waals surface area contributed by atoms with Crippen LogP contribution in [0.5, 0.6) is 0 Å². The first-order valence-electron chi connectivity index (χ1n) is 4.50. The van der Waals surface area contributed by atoms with Gasteiger partial charge in [-0.05, 0) is 23.8 Å². The van der Waals surface area contributed by atoms with Crippen LogP contribution in [0.1, 0.15) is 5.56 Å². The molecule has 0 aromatic heterocycles. The second-order valence-electron chi connectivity index (χ2n) is 3.22. The lowest BCUT2D eigenvalue weighted by atomic mass is 10.1. The number of rotatable bonds is 2. The molecule has 2 rings (SSSR count). The predicted octanol–water partition coefficient (Wildman–Crippen LogP) is 1.75. The van der Waals surface area contributed by atoms with E-state index in [0.717, 1.165) is 10.0 Å². The lowest BCUT2D eigenvalue weighted by Crippen LogP contribution is -2.11. The van der Waals surface area contributed by atoms with Gasteiger partial charge in [-0.15, -0.1) is 0 Å². The first-order chi connectivity index (χ1) is 7.20. The van der Waals surface area contributed by atoms with Gasteiger partial charge in [0.1, 0.15) is 6.10 Å². The largest absolute Gasteiger partial charge is 0.452 e. The van der Waals surface area contributed by atoms with Gasteiger partial charge in [0.15, 0.2) is 0 Å². The number of halogens is 1. The molecule has 0 bridgehead atoms. The summed E-state index contributed by atoms with van der Waals surface area (Å²) in [6.07, 6.45) is 1.14. The summed E-state index contributed by atoms with van der Waals surface area (Å²) in [6.45, 7) is -0.177. The van der Waals surface area contributed by atoms with Crippen LogP contribution in [0.2, 0.25) is 0 Å². The molecule has 3 nitrogen and oxygen atoms in total. The van der Waals surface area contributed by atoms with Crippen LogP contribution >= 0.6 is 15.9 Å². The molecule has 1 aromatic rings. The SMILES string of the molecule is O=C1OC(CO)C=C1c1cccc(Br)c1. The number of aliphatic hydroxyl groups is 1. The minimum atomic E-state index is -0.508. The zero-order valence-electron chi connectivity index (χ0n) is 7.81. The van der Waals surface area contributed by atoms with E-state index in [0.29, 0.717) is 5.57 Å². The molecule has 1 N–H and O–H groups in total. The first-order valence-corrected chi connectivity index (χ1v) is 5.29. The van der Waals surface area contributed by atoms with Gasteiger partial charge < -0.3 is 9.84 Å². The molecule has 1 aliphatic heterocycles. The summed E-state index contributed by atoms with van der Waals surface area (Å²) >= 11 is 3.33. The van der Waals surface area contributed by atoms with Gasteiger partial charge in [-0.2, -0.15) is 0 Å². The standard InChI is InChI=1S/C11H9BrO3/c12-8-3-1-2-7(4-8)10-5-9(6-13)15-11(10)14/h1-5,9,13H,6H2. The minimum Gasteiger partial charge on any atom is -0.452 e. The number of aliphatic hydroxyl groups excluding tert-OH is 1. The second kappa shape index (κ2) is 4.16. The Morgan fingerprint density at radius 3 is 2.87 bits per heavy atom. The van der Waals surface area contributed by atoms with Crippen molar-refractivity contribution in [3.05, 3.63) is 40.4 Å². The smallest absolute Gasteiger partial charge is 0.339 e. The monoisotopic (exact) mass is 268 g/mol. The molecule has 78 valence electrons. The van der Waals surface area contributed by atoms with E-state index in [1.807, 2.05) is 24.3 Å². The molecular formula is C11H9BrO3. The Labute approximate surface area is 95.5 Å². The zero-order valence-corrected chi connectivity index (χ0v) is 9.40. The average Bonchev–Trinajstić information content (AvgIpc) is 2.60. The van der Waals surface area contributed by atoms with E-state index in [1.54, 1.807) is 6.08 Å². The number of esters is 1. The molecule has 1 heterocycles. The van der Waals surface area contributed by atoms with Gasteiger partial charge >= 0.3 is 5.97 Å². The third-order valence-electron chi connectivity index (χ3n) is 2.15. The number of benzene rings is 1. The number of ether oxygens (including phenoxy) is 1. The highest BCUT2D eigenvalue weighted by Crippen LogP contribution is 2.25. The summed E-state index contributed by atoms with van der Waals surface area (Å²) in [7, 11) is 0. The van der Waals surface area contributed by atoms with Gasteiger partial charge in [-0.25, -0.2) is 4.79 Å². The van der Waals surface area contributed by atoms with Crippen molar-refractivity contribution in [2.45, 2.75) is 6.10 Å². The molecule has 0 aliphatic carbocycles. The van der Waals surface area contributed by atoms with Crippen LogP contribution in [-0.2, 0) is 9.53 Å². The van der Waals surface area contributed by atoms with E-state index in [4.69, 9.17) is 9.84 Å². The summed E-state index contributed by atoms with van der Waals surface area (Å²) < 4.78 is 5.82. The lowest BCUT2D eigenvalue weighted by Gasteiger charge is -2.02. The molecule has 4 heteroatoms. The number of carbonyl (C=O) groups is 1. The number of carbonyl (C=O) groups excluding carboxylic acids is 1. The minimum absolute atomic E-state index is 0.177. The molecule has 0 saturated carbocycles. The van der Waals surface area contributed by atoms with Crippen molar-refractivity contribution >= 4 is 27.5 Å². The van der Waals surface area contributed by atoms with Crippen molar-refractivity contribution in [1.82, 2.24) is 0 Å². The summed E-state index contributed by atoms with van der Waals surface area (Å²) in [5, 5.41) is 8.87. The Morgan fingerprint density at radius 2 is 2.27 bits per heavy atom. The van der Waals surface area contributed by atoms with E-state index in [1.165, 1.54) is 0 Å². The van der Waals surface area contributed by atoms with Crippen LogP contribution < -0.4 is 0 Å². The van der Waals surface area contributed by atoms with E-state index < -0.39 is 6.10 Å². The highest BCUT2D eigenvalue weighted by Gasteiger charge is 2.25. The van der Waals surface area contributed by atoms with E-state index in [-0.39, 0.29) is 12.6 Å². The summed E-state index contributed by atoms with van der Waals surface area (Å²) in [5.41, 5.74) is 1.31. The Kier molecular flexibility index (Phi) is 2.88. The van der Waals surface area contributed by atoms with Crippen LogP contribution in [0.3, 0.4) is 0 Å². The molecule has 0 fully saturated rings. The van der Waals surface area contributed by atoms with Crippen LogP contribution in [0.4, 0.5) is 0 Å². The zero-order chi connectivity index (χ0) is 10.8. The Morgan fingerprint density at radius 1 is 1.47 bits per heavy atom. The highest BCUT2D eigenvalue weighted by molar-refractivity contribution is 9.10. The Balaban J connectivity index is 2.35. The predicted molar refractivity (Wildman–Crippen MR) is 59.1 cm³/mol. The fourth-order valence-corrected chi connectivity index (χ4v) is 1.85. The van der Waals surface area contributed by atoms with Crippen molar-refractivity contribution in [3.63, 3.8) is 0 Å². The van der Waals surface area contributed by atoms with Gasteiger partial charge in [0.2, 0.25) is 0 Å². The molecule has 1 unspecified atom stereocenters. The molecule has 1 atom stereocenters. The fraction of sp³-hybridized carbons (Fsp3) is 0.182. The third-order valence-corrected chi connectivity index (χ3v) is 2.64. The number of hydrogen-bond acceptors (Lipinski definition) is 3. The molecule has 0 saturated heterocycles. The van der Waals surface area contributed by atoms with Gasteiger partial charge in [0.25, 0.3) is 0 Å². The molecule has 1 aromatic carbocycles. The molecule has 15 heavy (non-hydrogen) atoms. The van der Waals surface area contributed by atoms with Crippen LogP contribution in [0.25, 0.3) is 5.57 Å². The van der Waals surface area contributed by atoms with Crippen molar-refractivity contribution in [2.24, 2.45) is 0 Å². The van der Waals surface area contributed by atoms with Crippen LogP contribution in [-0.4, -0.2) is 23.8 Å². The first kappa shape index (κ1) is 10.4. The van der Waals surface area contributed by atoms with Crippen LogP contribution in [0, 0.1) is 0 Å². The quantitative estimate of drug-likeness (QED) is 0.832. The summed E-state index contributed by atoms with van der Waals surface area (Å²) in [4.78, 5) is 11.4. The molecule has 1 aliphatic rings. The maximum Gasteiger partial charge on any atom is 0.339 e. The lowest BCUT2D eigenvalue weighted by molar-refractivity contribution is -0.139. The highest BCUT2D eigenvalue weighted by atomic mass is 79.9. The number of cyclic esters (lactones) is 1. The van der Waals surface area contributed by atoms with Crippen molar-refractivity contribution in [2.75, 3.05) is 6.61 Å². The molecule has 0 spiro atoms. The van der Waals surface area contributed by atoms with E-state index in [9.17, 15) is 4.79 Å². The van der Waals surface area contributed by atoms with E-state index in [2.05, 4.69) is 15.9 Å². The Hall–Kier alpha value is -1.13. The Bertz CT molecular complexity index is 426. The second-order valence-corrected chi connectivity index (χ2v) is 4.13. The average molecular weight is 269 g/mol. The summed E-state index contributed by atoms with van der Waals surface area (Å²) in [5.74, 6) is -0.382. The third kappa shape index (κ3) is 2.11. The molecule has 0 radical (unpaired) electrons. The maximum atomic E-state index is 11.4. The van der Waals surface area contributed by atoms with Gasteiger partial charge in [0.05, 0.1) is 12.2 Å². The molecule has 0 amide bonds. The van der Waals surface area contributed by atoms with Crippen molar-refractivity contribution in [3.8, 4) is 0 Å². The summed E-state index contributed by atoms with van der Waals surface area (Å²) in [6, 6.07) is 7.40. The van der Waals surface area contributed by atoms with Gasteiger partial charge in [-0.3, -0.25) is 0 Å². The molecular weight excluding hydrogens is 260 g/mol. The van der Waals surface area contributed by atoms with Crippen LogP contribution in [0.15, 0.2) is 34.8 Å². The van der Waals surface area contributed by atoms with Gasteiger partial charge in [-0.1, -0.05) is 28.1 Å². The maximum absolute atomic E-state index is 11.4. The topological polar surface area (TPSA) is 46.5 Å². The van der Waals surface area contributed by atoms with E-state index >= 15 is 0 Å². The van der Waals surface area contributed by atoms with Crippen molar-refractivity contribution in [1.29, 1.82) is 0 Å². The fourth-order valence-electron chi connectivity index (χ4n) is 1.45. The van der Waals surface area contributed by atoms with Gasteiger partial charge in [0, 0.05) is 4.47 Å². The normalized spacial score (nSPS) is 20.0.